The van der Waals surface area contributed by atoms with Crippen LogP contribution in [-0.4, -0.2) is 22.0 Å². The Bertz CT molecular complexity index is 321. The standard InChI is InChI=1S/C10H18N4O/c1-3-4-13-10(15)8(2)14-6-5-12-9(14)7-11/h5-6,8H,3-4,7,11H2,1-2H3,(H,13,15). The second kappa shape index (κ2) is 5.50. The minimum Gasteiger partial charge on any atom is -0.354 e. The smallest absolute Gasteiger partial charge is 0.242 e. The fraction of sp³-hybridized carbons (Fsp3) is 0.600. The molecular formula is C10H18N4O. The summed E-state index contributed by atoms with van der Waals surface area (Å²) in [5, 5.41) is 2.84. The van der Waals surface area contributed by atoms with Crippen molar-refractivity contribution in [1.29, 1.82) is 0 Å². The summed E-state index contributed by atoms with van der Waals surface area (Å²) < 4.78 is 1.80. The number of nitrogens with two attached hydrogens (primary N) is 1. The summed E-state index contributed by atoms with van der Waals surface area (Å²) in [6, 6.07) is -0.252. The van der Waals surface area contributed by atoms with Gasteiger partial charge in [-0.3, -0.25) is 4.79 Å². The number of aromatic nitrogens is 2. The monoisotopic (exact) mass is 210 g/mol. The molecule has 1 heterocycles. The number of carbonyl (C=O) groups is 1. The molecule has 1 aromatic rings. The van der Waals surface area contributed by atoms with Crippen LogP contribution >= 0.6 is 0 Å². The number of hydrogen-bond donors (Lipinski definition) is 2. The van der Waals surface area contributed by atoms with Crippen LogP contribution in [0.2, 0.25) is 0 Å². The molecule has 0 aliphatic heterocycles. The highest BCUT2D eigenvalue weighted by atomic mass is 16.2. The lowest BCUT2D eigenvalue weighted by molar-refractivity contribution is -0.123. The molecule has 0 aliphatic carbocycles. The second-order valence-corrected chi connectivity index (χ2v) is 3.42. The molecule has 5 nitrogen and oxygen atoms in total. The van der Waals surface area contributed by atoms with Crippen LogP contribution in [0.5, 0.6) is 0 Å². The largest absolute Gasteiger partial charge is 0.354 e. The van der Waals surface area contributed by atoms with Gasteiger partial charge >= 0.3 is 0 Å². The third-order valence-electron chi connectivity index (χ3n) is 2.28. The topological polar surface area (TPSA) is 72.9 Å². The van der Waals surface area contributed by atoms with Gasteiger partial charge in [0.2, 0.25) is 5.91 Å². The summed E-state index contributed by atoms with van der Waals surface area (Å²) >= 11 is 0. The number of amides is 1. The Labute approximate surface area is 89.7 Å². The molecule has 0 fully saturated rings. The highest BCUT2D eigenvalue weighted by Gasteiger charge is 2.15. The van der Waals surface area contributed by atoms with Gasteiger partial charge in [0.15, 0.2) is 0 Å². The van der Waals surface area contributed by atoms with E-state index in [1.165, 1.54) is 0 Å². The van der Waals surface area contributed by atoms with E-state index in [2.05, 4.69) is 10.3 Å². The van der Waals surface area contributed by atoms with Crippen molar-refractivity contribution in [2.45, 2.75) is 32.9 Å². The van der Waals surface area contributed by atoms with Crippen molar-refractivity contribution in [1.82, 2.24) is 14.9 Å². The number of hydrogen-bond acceptors (Lipinski definition) is 3. The van der Waals surface area contributed by atoms with Crippen molar-refractivity contribution in [3.8, 4) is 0 Å². The van der Waals surface area contributed by atoms with E-state index in [1.807, 2.05) is 13.8 Å². The molecule has 1 unspecified atom stereocenters. The zero-order valence-electron chi connectivity index (χ0n) is 9.23. The van der Waals surface area contributed by atoms with E-state index in [9.17, 15) is 4.79 Å². The molecule has 3 N–H and O–H groups in total. The predicted octanol–water partition coefficient (Wildman–Crippen LogP) is 0.429. The Hall–Kier alpha value is -1.36. The van der Waals surface area contributed by atoms with Gasteiger partial charge in [0, 0.05) is 18.9 Å². The van der Waals surface area contributed by atoms with Crippen LogP contribution < -0.4 is 11.1 Å². The van der Waals surface area contributed by atoms with Gasteiger partial charge in [-0.15, -0.1) is 0 Å². The quantitative estimate of drug-likeness (QED) is 0.740. The van der Waals surface area contributed by atoms with Gasteiger partial charge in [-0.1, -0.05) is 6.92 Å². The lowest BCUT2D eigenvalue weighted by atomic mass is 10.3. The van der Waals surface area contributed by atoms with Gasteiger partial charge in [-0.2, -0.15) is 0 Å². The number of nitrogens with zero attached hydrogens (tertiary/aromatic N) is 2. The normalized spacial score (nSPS) is 12.5. The molecule has 0 aromatic carbocycles. The van der Waals surface area contributed by atoms with E-state index in [0.717, 1.165) is 12.2 Å². The van der Waals surface area contributed by atoms with Crippen LogP contribution in [0.1, 0.15) is 32.1 Å². The summed E-state index contributed by atoms with van der Waals surface area (Å²) in [5.41, 5.74) is 5.52. The number of nitrogens with one attached hydrogen (secondary N) is 1. The van der Waals surface area contributed by atoms with Gasteiger partial charge in [0.1, 0.15) is 11.9 Å². The van der Waals surface area contributed by atoms with Crippen LogP contribution in [0.3, 0.4) is 0 Å². The average molecular weight is 210 g/mol. The van der Waals surface area contributed by atoms with Gasteiger partial charge in [-0.25, -0.2) is 4.98 Å². The minimum absolute atomic E-state index is 0.00421. The van der Waals surface area contributed by atoms with Gasteiger partial charge in [-0.05, 0) is 13.3 Å². The fourth-order valence-corrected chi connectivity index (χ4v) is 1.38. The van der Waals surface area contributed by atoms with Gasteiger partial charge < -0.3 is 15.6 Å². The third kappa shape index (κ3) is 2.79. The van der Waals surface area contributed by atoms with Gasteiger partial charge in [0.25, 0.3) is 0 Å². The van der Waals surface area contributed by atoms with Crippen molar-refractivity contribution >= 4 is 5.91 Å². The third-order valence-corrected chi connectivity index (χ3v) is 2.28. The molecule has 1 amide bonds. The Kier molecular flexibility index (Phi) is 4.30. The molecule has 1 atom stereocenters. The van der Waals surface area contributed by atoms with Crippen molar-refractivity contribution in [2.75, 3.05) is 6.54 Å². The van der Waals surface area contributed by atoms with E-state index in [0.29, 0.717) is 13.1 Å². The minimum atomic E-state index is -0.252. The first-order valence-electron chi connectivity index (χ1n) is 5.20. The molecule has 15 heavy (non-hydrogen) atoms. The lowest BCUT2D eigenvalue weighted by Crippen LogP contribution is -2.32. The summed E-state index contributed by atoms with van der Waals surface area (Å²) in [4.78, 5) is 15.7. The number of rotatable bonds is 5. The second-order valence-electron chi connectivity index (χ2n) is 3.42. The maximum Gasteiger partial charge on any atom is 0.242 e. The van der Waals surface area contributed by atoms with Crippen LogP contribution in [0.15, 0.2) is 12.4 Å². The average Bonchev–Trinajstić information content (AvgIpc) is 2.72. The van der Waals surface area contributed by atoms with E-state index >= 15 is 0 Å². The zero-order chi connectivity index (χ0) is 11.3. The first-order valence-corrected chi connectivity index (χ1v) is 5.20. The molecule has 0 aliphatic rings. The first kappa shape index (κ1) is 11.7. The number of carbonyl (C=O) groups excluding carboxylic acids is 1. The first-order chi connectivity index (χ1) is 7.20. The summed E-state index contributed by atoms with van der Waals surface area (Å²) in [7, 11) is 0. The summed E-state index contributed by atoms with van der Waals surface area (Å²) in [6.45, 7) is 4.91. The summed E-state index contributed by atoms with van der Waals surface area (Å²) in [6.07, 6.45) is 4.37. The maximum absolute atomic E-state index is 11.7. The van der Waals surface area contributed by atoms with Crippen molar-refractivity contribution in [3.63, 3.8) is 0 Å². The molecule has 84 valence electrons. The zero-order valence-corrected chi connectivity index (χ0v) is 9.23. The predicted molar refractivity (Wildman–Crippen MR) is 58.1 cm³/mol. The van der Waals surface area contributed by atoms with E-state index in [1.54, 1.807) is 17.0 Å². The van der Waals surface area contributed by atoms with Crippen LogP contribution in [0.25, 0.3) is 0 Å². The van der Waals surface area contributed by atoms with Crippen LogP contribution in [0.4, 0.5) is 0 Å². The molecule has 0 spiro atoms. The molecule has 5 heteroatoms. The Morgan fingerprint density at radius 2 is 2.47 bits per heavy atom. The Morgan fingerprint density at radius 1 is 1.73 bits per heavy atom. The molecular weight excluding hydrogens is 192 g/mol. The SMILES string of the molecule is CCCNC(=O)C(C)n1ccnc1CN. The summed E-state index contributed by atoms with van der Waals surface area (Å²) in [5.74, 6) is 0.735. The van der Waals surface area contributed by atoms with Gasteiger partial charge in [0.05, 0.1) is 6.54 Å². The van der Waals surface area contributed by atoms with E-state index in [-0.39, 0.29) is 11.9 Å². The molecule has 0 saturated carbocycles. The molecule has 0 saturated heterocycles. The number of imidazole rings is 1. The van der Waals surface area contributed by atoms with Crippen molar-refractivity contribution in [2.24, 2.45) is 5.73 Å². The molecule has 0 radical (unpaired) electrons. The van der Waals surface area contributed by atoms with Crippen LogP contribution in [0, 0.1) is 0 Å². The fourth-order valence-electron chi connectivity index (χ4n) is 1.38. The van der Waals surface area contributed by atoms with Crippen LogP contribution in [-0.2, 0) is 11.3 Å². The molecule has 1 aromatic heterocycles. The van der Waals surface area contributed by atoms with Crippen molar-refractivity contribution in [3.05, 3.63) is 18.2 Å². The highest BCUT2D eigenvalue weighted by molar-refractivity contribution is 5.79. The lowest BCUT2D eigenvalue weighted by Gasteiger charge is -2.15. The Balaban J connectivity index is 2.67. The molecule has 0 bridgehead atoms. The Morgan fingerprint density at radius 3 is 3.07 bits per heavy atom. The molecule has 1 rings (SSSR count). The maximum atomic E-state index is 11.7. The van der Waals surface area contributed by atoms with Crippen molar-refractivity contribution < 1.29 is 4.79 Å². The highest BCUT2D eigenvalue weighted by Crippen LogP contribution is 2.08. The van der Waals surface area contributed by atoms with E-state index < -0.39 is 0 Å². The van der Waals surface area contributed by atoms with E-state index in [4.69, 9.17) is 5.73 Å².